The Labute approximate surface area is 171 Å². The summed E-state index contributed by atoms with van der Waals surface area (Å²) in [6, 6.07) is 8.08. The van der Waals surface area contributed by atoms with Crippen LogP contribution in [0.4, 0.5) is 5.13 Å². The van der Waals surface area contributed by atoms with Crippen molar-refractivity contribution in [2.45, 2.75) is 31.8 Å². The second-order valence-electron chi connectivity index (χ2n) is 6.99. The molecule has 2 aliphatic rings. The molecule has 0 saturated carbocycles. The van der Waals surface area contributed by atoms with E-state index in [4.69, 9.17) is 14.5 Å². The molecule has 3 heterocycles. The van der Waals surface area contributed by atoms with E-state index in [2.05, 4.69) is 15.9 Å². The van der Waals surface area contributed by atoms with Gasteiger partial charge in [0.2, 0.25) is 5.91 Å². The predicted octanol–water partition coefficient (Wildman–Crippen LogP) is 4.51. The summed E-state index contributed by atoms with van der Waals surface area (Å²) in [5.74, 6) is 0.172. The van der Waals surface area contributed by atoms with Gasteiger partial charge in [0.05, 0.1) is 18.3 Å². The molecule has 0 radical (unpaired) electrons. The van der Waals surface area contributed by atoms with Gasteiger partial charge in [-0.3, -0.25) is 9.69 Å². The average Bonchev–Trinajstić information content (AvgIpc) is 3.39. The zero-order valence-electron chi connectivity index (χ0n) is 15.1. The molecule has 5 nitrogen and oxygen atoms in total. The first kappa shape index (κ1) is 19.1. The highest BCUT2D eigenvalue weighted by atomic mass is 79.9. The van der Waals surface area contributed by atoms with Crippen LogP contribution in [0.1, 0.15) is 25.7 Å². The van der Waals surface area contributed by atoms with Crippen LogP contribution in [0.2, 0.25) is 0 Å². The van der Waals surface area contributed by atoms with E-state index >= 15 is 0 Å². The van der Waals surface area contributed by atoms with Gasteiger partial charge in [0.25, 0.3) is 0 Å². The highest BCUT2D eigenvalue weighted by Gasteiger charge is 2.31. The van der Waals surface area contributed by atoms with E-state index in [1.165, 1.54) is 11.3 Å². The van der Waals surface area contributed by atoms with E-state index in [0.29, 0.717) is 19.8 Å². The number of hydrogen-bond donors (Lipinski definition) is 0. The lowest BCUT2D eigenvalue weighted by Crippen LogP contribution is -2.42. The third kappa shape index (κ3) is 4.59. The molecular formula is C20H23BrN2O3S. The number of amides is 1. The fraction of sp³-hybridized carbons (Fsp3) is 0.500. The maximum absolute atomic E-state index is 13.3. The molecule has 144 valence electrons. The van der Waals surface area contributed by atoms with Gasteiger partial charge in [0, 0.05) is 41.2 Å². The minimum Gasteiger partial charge on any atom is -0.381 e. The van der Waals surface area contributed by atoms with Crippen LogP contribution in [-0.4, -0.2) is 43.4 Å². The molecule has 1 aromatic heterocycles. The number of carbonyl (C=O) groups excluding carboxylic acids is 1. The number of carbonyl (C=O) groups is 1. The molecule has 2 fully saturated rings. The molecule has 1 amide bonds. The SMILES string of the molecule is O=C(C1CCOCC1)N(CC1CCCO1)c1nc(-c2ccc(Br)cc2)cs1. The van der Waals surface area contributed by atoms with Gasteiger partial charge < -0.3 is 9.47 Å². The summed E-state index contributed by atoms with van der Waals surface area (Å²) in [7, 11) is 0. The van der Waals surface area contributed by atoms with Crippen molar-refractivity contribution in [1.29, 1.82) is 0 Å². The summed E-state index contributed by atoms with van der Waals surface area (Å²) in [6.07, 6.45) is 3.74. The van der Waals surface area contributed by atoms with Gasteiger partial charge >= 0.3 is 0 Å². The van der Waals surface area contributed by atoms with E-state index in [9.17, 15) is 4.79 Å². The number of anilines is 1. The normalized spacial score (nSPS) is 20.7. The Bertz CT molecular complexity index is 768. The number of hydrogen-bond acceptors (Lipinski definition) is 5. The summed E-state index contributed by atoms with van der Waals surface area (Å²) in [5, 5.41) is 2.79. The second kappa shape index (κ2) is 8.82. The highest BCUT2D eigenvalue weighted by Crippen LogP contribution is 2.31. The number of halogens is 1. The lowest BCUT2D eigenvalue weighted by atomic mass is 9.98. The summed E-state index contributed by atoms with van der Waals surface area (Å²) in [5.41, 5.74) is 1.95. The first-order valence-electron chi connectivity index (χ1n) is 9.43. The largest absolute Gasteiger partial charge is 0.381 e. The lowest BCUT2D eigenvalue weighted by Gasteiger charge is -2.29. The van der Waals surface area contributed by atoms with Crippen molar-refractivity contribution in [3.05, 3.63) is 34.1 Å². The number of thiazole rings is 1. The Balaban J connectivity index is 1.57. The topological polar surface area (TPSA) is 51.7 Å². The first-order valence-corrected chi connectivity index (χ1v) is 11.1. The minimum absolute atomic E-state index is 0.0141. The van der Waals surface area contributed by atoms with Crippen LogP contribution < -0.4 is 4.90 Å². The van der Waals surface area contributed by atoms with Crippen molar-refractivity contribution >= 4 is 38.3 Å². The molecule has 1 aromatic carbocycles. The van der Waals surface area contributed by atoms with E-state index in [1.807, 2.05) is 34.5 Å². The van der Waals surface area contributed by atoms with Gasteiger partial charge in [0.15, 0.2) is 5.13 Å². The van der Waals surface area contributed by atoms with E-state index < -0.39 is 0 Å². The molecule has 0 aliphatic carbocycles. The maximum Gasteiger partial charge on any atom is 0.232 e. The summed E-state index contributed by atoms with van der Waals surface area (Å²) in [4.78, 5) is 19.9. The van der Waals surface area contributed by atoms with Crippen LogP contribution in [0.15, 0.2) is 34.1 Å². The Morgan fingerprint density at radius 1 is 1.19 bits per heavy atom. The number of ether oxygens (including phenoxy) is 2. The number of rotatable bonds is 5. The smallest absolute Gasteiger partial charge is 0.232 e. The molecule has 1 unspecified atom stereocenters. The van der Waals surface area contributed by atoms with Gasteiger partial charge in [0.1, 0.15) is 0 Å². The molecule has 2 aliphatic heterocycles. The number of nitrogens with zero attached hydrogens (tertiary/aromatic N) is 2. The fourth-order valence-corrected chi connectivity index (χ4v) is 4.67. The van der Waals surface area contributed by atoms with Crippen LogP contribution in [0.25, 0.3) is 11.3 Å². The second-order valence-corrected chi connectivity index (χ2v) is 8.74. The van der Waals surface area contributed by atoms with E-state index in [-0.39, 0.29) is 17.9 Å². The summed E-state index contributed by atoms with van der Waals surface area (Å²) in [6.45, 7) is 2.69. The van der Waals surface area contributed by atoms with E-state index in [1.54, 1.807) is 0 Å². The van der Waals surface area contributed by atoms with Crippen molar-refractivity contribution in [3.8, 4) is 11.3 Å². The number of aromatic nitrogens is 1. The Morgan fingerprint density at radius 2 is 1.96 bits per heavy atom. The van der Waals surface area contributed by atoms with Gasteiger partial charge in [-0.25, -0.2) is 4.98 Å². The van der Waals surface area contributed by atoms with Gasteiger partial charge in [-0.2, -0.15) is 0 Å². The minimum atomic E-state index is 0.0141. The quantitative estimate of drug-likeness (QED) is 0.671. The zero-order valence-corrected chi connectivity index (χ0v) is 17.5. The van der Waals surface area contributed by atoms with Crippen LogP contribution in [0.3, 0.4) is 0 Å². The number of benzene rings is 1. The van der Waals surface area contributed by atoms with Crippen molar-refractivity contribution < 1.29 is 14.3 Å². The van der Waals surface area contributed by atoms with Gasteiger partial charge in [-0.15, -0.1) is 11.3 Å². The average molecular weight is 451 g/mol. The first-order chi connectivity index (χ1) is 13.2. The lowest BCUT2D eigenvalue weighted by molar-refractivity contribution is -0.125. The predicted molar refractivity (Wildman–Crippen MR) is 110 cm³/mol. The van der Waals surface area contributed by atoms with Crippen LogP contribution in [0.5, 0.6) is 0 Å². The van der Waals surface area contributed by atoms with Gasteiger partial charge in [-0.05, 0) is 37.8 Å². The molecule has 0 N–H and O–H groups in total. The van der Waals surface area contributed by atoms with Crippen molar-refractivity contribution in [2.75, 3.05) is 31.3 Å². The Hall–Kier alpha value is -1.28. The summed E-state index contributed by atoms with van der Waals surface area (Å²) < 4.78 is 12.3. The monoisotopic (exact) mass is 450 g/mol. The molecule has 7 heteroatoms. The molecule has 0 bridgehead atoms. The van der Waals surface area contributed by atoms with Crippen molar-refractivity contribution in [3.63, 3.8) is 0 Å². The Morgan fingerprint density at radius 3 is 2.67 bits per heavy atom. The molecule has 2 saturated heterocycles. The van der Waals surface area contributed by atoms with Crippen molar-refractivity contribution in [2.24, 2.45) is 5.92 Å². The molecular weight excluding hydrogens is 428 g/mol. The van der Waals surface area contributed by atoms with Crippen LogP contribution in [0, 0.1) is 5.92 Å². The molecule has 4 rings (SSSR count). The molecule has 27 heavy (non-hydrogen) atoms. The summed E-state index contributed by atoms with van der Waals surface area (Å²) >= 11 is 4.99. The van der Waals surface area contributed by atoms with E-state index in [0.717, 1.165) is 53.2 Å². The van der Waals surface area contributed by atoms with Crippen LogP contribution in [-0.2, 0) is 14.3 Å². The molecule has 2 aromatic rings. The molecule has 0 spiro atoms. The standard InChI is InChI=1S/C20H23BrN2O3S/c21-16-5-3-14(4-6-16)18-13-27-20(22-18)23(12-17-2-1-9-26-17)19(24)15-7-10-25-11-8-15/h3-6,13,15,17H,1-2,7-12H2. The zero-order chi connectivity index (χ0) is 18.6. The van der Waals surface area contributed by atoms with Gasteiger partial charge in [-0.1, -0.05) is 28.1 Å². The van der Waals surface area contributed by atoms with Crippen LogP contribution >= 0.6 is 27.3 Å². The fourth-order valence-electron chi connectivity index (χ4n) is 3.56. The third-order valence-corrected chi connectivity index (χ3v) is 6.50. The van der Waals surface area contributed by atoms with Crippen molar-refractivity contribution in [1.82, 2.24) is 4.98 Å². The Kier molecular flexibility index (Phi) is 6.22. The molecule has 1 atom stereocenters. The third-order valence-electron chi connectivity index (χ3n) is 5.11. The highest BCUT2D eigenvalue weighted by molar-refractivity contribution is 9.10. The maximum atomic E-state index is 13.3.